The number of rotatable bonds is 2. The predicted molar refractivity (Wildman–Crippen MR) is 60.3 cm³/mol. The Bertz CT molecular complexity index is 447. The first-order valence-electron chi connectivity index (χ1n) is 5.49. The van der Waals surface area contributed by atoms with Gasteiger partial charge in [-0.2, -0.15) is 10.5 Å². The van der Waals surface area contributed by atoms with Crippen LogP contribution in [0.5, 0.6) is 0 Å². The Morgan fingerprint density at radius 3 is 2.56 bits per heavy atom. The van der Waals surface area contributed by atoms with Crippen LogP contribution in [0, 0.1) is 22.7 Å². The van der Waals surface area contributed by atoms with Gasteiger partial charge in [-0.25, -0.2) is 0 Å². The molecule has 0 aromatic heterocycles. The summed E-state index contributed by atoms with van der Waals surface area (Å²) < 4.78 is 0. The fraction of sp³-hybridized carbons (Fsp3) is 0.385. The first kappa shape index (κ1) is 10.7. The van der Waals surface area contributed by atoms with Crippen molar-refractivity contribution in [2.24, 2.45) is 0 Å². The van der Waals surface area contributed by atoms with Crippen molar-refractivity contribution in [3.8, 4) is 12.1 Å². The van der Waals surface area contributed by atoms with Gasteiger partial charge >= 0.3 is 0 Å². The maximum atomic E-state index is 9.23. The van der Waals surface area contributed by atoms with Gasteiger partial charge in [-0.05, 0) is 43.6 Å². The summed E-state index contributed by atoms with van der Waals surface area (Å²) >= 11 is 0. The zero-order valence-electron chi connectivity index (χ0n) is 9.06. The van der Waals surface area contributed by atoms with E-state index in [2.05, 4.69) is 17.0 Å². The second-order valence-electron chi connectivity index (χ2n) is 4.01. The van der Waals surface area contributed by atoms with Crippen molar-refractivity contribution in [2.45, 2.75) is 18.9 Å². The summed E-state index contributed by atoms with van der Waals surface area (Å²) in [5.41, 5.74) is 1.56. The van der Waals surface area contributed by atoms with Crippen molar-refractivity contribution in [2.75, 3.05) is 13.1 Å². The van der Waals surface area contributed by atoms with Gasteiger partial charge in [0.05, 0.1) is 17.7 Å². The lowest BCUT2D eigenvalue weighted by molar-refractivity contribution is 0.294. The van der Waals surface area contributed by atoms with Gasteiger partial charge in [0.2, 0.25) is 0 Å². The lowest BCUT2D eigenvalue weighted by Crippen LogP contribution is -2.24. The Morgan fingerprint density at radius 1 is 1.19 bits per heavy atom. The Kier molecular flexibility index (Phi) is 3.19. The van der Waals surface area contributed by atoms with Crippen LogP contribution in [0.15, 0.2) is 24.3 Å². The molecule has 1 unspecified atom stereocenters. The normalized spacial score (nSPS) is 17.6. The molecule has 3 nitrogen and oxygen atoms in total. The first-order chi connectivity index (χ1) is 7.85. The molecular formula is C13H13N3. The van der Waals surface area contributed by atoms with Gasteiger partial charge in [0.1, 0.15) is 6.04 Å². The van der Waals surface area contributed by atoms with Gasteiger partial charge in [-0.15, -0.1) is 0 Å². The van der Waals surface area contributed by atoms with E-state index in [1.165, 1.54) is 0 Å². The van der Waals surface area contributed by atoms with E-state index >= 15 is 0 Å². The van der Waals surface area contributed by atoms with Crippen LogP contribution in [0.1, 0.15) is 30.0 Å². The molecule has 0 saturated carbocycles. The standard InChI is InChI=1S/C13H13N3/c14-9-11-4-3-5-12(8-11)13(10-15)16-6-1-2-7-16/h3-5,8,13H,1-2,6-7H2. The van der Waals surface area contributed by atoms with Crippen LogP contribution in [0.2, 0.25) is 0 Å². The molecular weight excluding hydrogens is 198 g/mol. The largest absolute Gasteiger partial charge is 0.284 e. The first-order valence-corrected chi connectivity index (χ1v) is 5.49. The van der Waals surface area contributed by atoms with Gasteiger partial charge in [0.25, 0.3) is 0 Å². The SMILES string of the molecule is N#Cc1cccc(C(C#N)N2CCCC2)c1. The number of nitriles is 2. The highest BCUT2D eigenvalue weighted by atomic mass is 15.2. The molecule has 1 atom stereocenters. The molecule has 0 bridgehead atoms. The van der Waals surface area contributed by atoms with Crippen LogP contribution in [0.25, 0.3) is 0 Å². The van der Waals surface area contributed by atoms with Crippen molar-refractivity contribution in [1.82, 2.24) is 4.90 Å². The Balaban J connectivity index is 2.26. The van der Waals surface area contributed by atoms with E-state index in [0.717, 1.165) is 31.5 Å². The van der Waals surface area contributed by atoms with Crippen LogP contribution in [-0.2, 0) is 0 Å². The third kappa shape index (κ3) is 2.05. The predicted octanol–water partition coefficient (Wildman–Crippen LogP) is 2.22. The molecule has 0 radical (unpaired) electrons. The second-order valence-corrected chi connectivity index (χ2v) is 4.01. The third-order valence-electron chi connectivity index (χ3n) is 2.96. The molecule has 0 amide bonds. The van der Waals surface area contributed by atoms with E-state index in [4.69, 9.17) is 5.26 Å². The number of nitrogens with zero attached hydrogens (tertiary/aromatic N) is 3. The molecule has 0 aliphatic carbocycles. The molecule has 16 heavy (non-hydrogen) atoms. The highest BCUT2D eigenvalue weighted by Crippen LogP contribution is 2.24. The summed E-state index contributed by atoms with van der Waals surface area (Å²) in [4.78, 5) is 2.18. The Labute approximate surface area is 95.5 Å². The lowest BCUT2D eigenvalue weighted by Gasteiger charge is -2.21. The zero-order valence-corrected chi connectivity index (χ0v) is 9.06. The maximum Gasteiger partial charge on any atom is 0.123 e. The fourth-order valence-electron chi connectivity index (χ4n) is 2.15. The quantitative estimate of drug-likeness (QED) is 0.753. The molecule has 80 valence electrons. The van der Waals surface area contributed by atoms with Gasteiger partial charge in [0.15, 0.2) is 0 Å². The number of likely N-dealkylation sites (tertiary alicyclic amines) is 1. The molecule has 1 aromatic carbocycles. The van der Waals surface area contributed by atoms with Crippen molar-refractivity contribution in [1.29, 1.82) is 10.5 Å². The topological polar surface area (TPSA) is 50.8 Å². The number of hydrogen-bond donors (Lipinski definition) is 0. The molecule has 1 aliphatic rings. The molecule has 2 rings (SSSR count). The van der Waals surface area contributed by atoms with E-state index < -0.39 is 0 Å². The summed E-state index contributed by atoms with van der Waals surface area (Å²) in [6, 6.07) is 11.6. The van der Waals surface area contributed by atoms with Gasteiger partial charge < -0.3 is 0 Å². The highest BCUT2D eigenvalue weighted by molar-refractivity contribution is 5.36. The molecule has 0 spiro atoms. The molecule has 1 aromatic rings. The molecule has 3 heteroatoms. The average molecular weight is 211 g/mol. The van der Waals surface area contributed by atoms with Crippen LogP contribution < -0.4 is 0 Å². The van der Waals surface area contributed by atoms with Gasteiger partial charge in [0, 0.05) is 0 Å². The Morgan fingerprint density at radius 2 is 1.94 bits per heavy atom. The van der Waals surface area contributed by atoms with Crippen molar-refractivity contribution in [3.63, 3.8) is 0 Å². The van der Waals surface area contributed by atoms with Crippen LogP contribution in [-0.4, -0.2) is 18.0 Å². The fourth-order valence-corrected chi connectivity index (χ4v) is 2.15. The second kappa shape index (κ2) is 4.79. The molecule has 1 fully saturated rings. The summed E-state index contributed by atoms with van der Waals surface area (Å²) in [7, 11) is 0. The van der Waals surface area contributed by atoms with Gasteiger partial charge in [-0.3, -0.25) is 4.90 Å². The van der Waals surface area contributed by atoms with E-state index in [1.54, 1.807) is 6.07 Å². The van der Waals surface area contributed by atoms with E-state index in [-0.39, 0.29) is 6.04 Å². The minimum Gasteiger partial charge on any atom is -0.284 e. The zero-order chi connectivity index (χ0) is 11.4. The smallest absolute Gasteiger partial charge is 0.123 e. The van der Waals surface area contributed by atoms with E-state index in [1.807, 2.05) is 18.2 Å². The minimum atomic E-state index is -0.198. The van der Waals surface area contributed by atoms with E-state index in [9.17, 15) is 5.26 Å². The van der Waals surface area contributed by atoms with E-state index in [0.29, 0.717) is 5.56 Å². The summed E-state index contributed by atoms with van der Waals surface area (Å²) in [5.74, 6) is 0. The Hall–Kier alpha value is -1.84. The third-order valence-corrected chi connectivity index (χ3v) is 2.96. The molecule has 1 saturated heterocycles. The monoisotopic (exact) mass is 211 g/mol. The summed E-state index contributed by atoms with van der Waals surface area (Å²) in [6.45, 7) is 1.96. The van der Waals surface area contributed by atoms with Crippen molar-refractivity contribution in [3.05, 3.63) is 35.4 Å². The summed E-state index contributed by atoms with van der Waals surface area (Å²) in [6.07, 6.45) is 2.33. The molecule has 1 heterocycles. The minimum absolute atomic E-state index is 0.198. The average Bonchev–Trinajstić information content (AvgIpc) is 2.84. The lowest BCUT2D eigenvalue weighted by atomic mass is 10.0. The molecule has 0 N–H and O–H groups in total. The van der Waals surface area contributed by atoms with Crippen LogP contribution >= 0.6 is 0 Å². The van der Waals surface area contributed by atoms with Crippen LogP contribution in [0.3, 0.4) is 0 Å². The van der Waals surface area contributed by atoms with Crippen LogP contribution in [0.4, 0.5) is 0 Å². The molecule has 1 aliphatic heterocycles. The van der Waals surface area contributed by atoms with Crippen molar-refractivity contribution < 1.29 is 0 Å². The van der Waals surface area contributed by atoms with Gasteiger partial charge in [-0.1, -0.05) is 12.1 Å². The highest BCUT2D eigenvalue weighted by Gasteiger charge is 2.22. The van der Waals surface area contributed by atoms with Crippen molar-refractivity contribution >= 4 is 0 Å². The number of hydrogen-bond acceptors (Lipinski definition) is 3. The maximum absolute atomic E-state index is 9.23. The summed E-state index contributed by atoms with van der Waals surface area (Å²) in [5, 5.41) is 18.1. The number of benzene rings is 1.